The number of ether oxygens (including phenoxy) is 1. The van der Waals surface area contributed by atoms with Crippen LogP contribution in [-0.2, 0) is 9.53 Å². The highest BCUT2D eigenvalue weighted by Crippen LogP contribution is 2.33. The fourth-order valence-electron chi connectivity index (χ4n) is 1.67. The van der Waals surface area contributed by atoms with E-state index < -0.39 is 29.4 Å². The van der Waals surface area contributed by atoms with Crippen molar-refractivity contribution in [3.05, 3.63) is 34.3 Å². The number of benzene rings is 1. The first kappa shape index (κ1) is 18.5. The Kier molecular flexibility index (Phi) is 5.67. The van der Waals surface area contributed by atoms with E-state index in [9.17, 15) is 18.4 Å². The lowest BCUT2D eigenvalue weighted by Crippen LogP contribution is -2.46. The summed E-state index contributed by atoms with van der Waals surface area (Å²) in [7, 11) is 0. The number of carbonyl (C=O) groups excluding carboxylic acids is 2. The summed E-state index contributed by atoms with van der Waals surface area (Å²) in [4.78, 5) is 23.1. The van der Waals surface area contributed by atoms with Crippen LogP contribution in [-0.4, -0.2) is 23.4 Å². The number of ketones is 1. The van der Waals surface area contributed by atoms with Crippen molar-refractivity contribution >= 4 is 27.8 Å². The Morgan fingerprint density at radius 1 is 1.18 bits per heavy atom. The van der Waals surface area contributed by atoms with Gasteiger partial charge in [0.2, 0.25) is 5.78 Å². The zero-order valence-corrected chi connectivity index (χ0v) is 14.3. The van der Waals surface area contributed by atoms with E-state index in [0.29, 0.717) is 4.47 Å². The van der Waals surface area contributed by atoms with Gasteiger partial charge in [-0.15, -0.1) is 0 Å². The van der Waals surface area contributed by atoms with Gasteiger partial charge >= 0.3 is 12.0 Å². The normalized spacial score (nSPS) is 13.4. The lowest BCUT2D eigenvalue weighted by atomic mass is 9.98. The van der Waals surface area contributed by atoms with Gasteiger partial charge in [-0.2, -0.15) is 8.78 Å². The Bertz CT molecular complexity index is 553. The Labute approximate surface area is 136 Å². The molecule has 122 valence electrons. The van der Waals surface area contributed by atoms with Crippen molar-refractivity contribution in [3.63, 3.8) is 0 Å². The first-order chi connectivity index (χ1) is 9.93. The number of hydrogen-bond acceptors (Lipinski definition) is 3. The SMILES string of the molecule is CC(=O)C(F)(F)C(NC(=O)OC(C)(C)C)c1ccc(Br)cc1. The molecule has 1 aromatic rings. The van der Waals surface area contributed by atoms with E-state index in [-0.39, 0.29) is 5.56 Å². The molecule has 1 N–H and O–H groups in total. The van der Waals surface area contributed by atoms with E-state index >= 15 is 0 Å². The van der Waals surface area contributed by atoms with Crippen LogP contribution in [0.5, 0.6) is 0 Å². The third kappa shape index (κ3) is 5.05. The highest BCUT2D eigenvalue weighted by atomic mass is 79.9. The van der Waals surface area contributed by atoms with Gasteiger partial charge < -0.3 is 10.1 Å². The van der Waals surface area contributed by atoms with Crippen LogP contribution in [0.1, 0.15) is 39.3 Å². The largest absolute Gasteiger partial charge is 0.444 e. The molecule has 0 spiro atoms. The van der Waals surface area contributed by atoms with Crippen LogP contribution < -0.4 is 5.32 Å². The number of Topliss-reactive ketones (excluding diaryl/α,β-unsaturated/α-hetero) is 1. The van der Waals surface area contributed by atoms with Gasteiger partial charge in [-0.05, 0) is 38.5 Å². The standard InChI is InChI=1S/C15H18BrF2NO3/c1-9(20)15(17,18)12(10-5-7-11(16)8-6-10)19-13(21)22-14(2,3)4/h5-8,12H,1-4H3,(H,19,21). The predicted molar refractivity (Wildman–Crippen MR) is 81.9 cm³/mol. The lowest BCUT2D eigenvalue weighted by Gasteiger charge is -2.28. The van der Waals surface area contributed by atoms with Gasteiger partial charge in [0, 0.05) is 11.4 Å². The number of halogens is 3. The minimum atomic E-state index is -3.75. The minimum absolute atomic E-state index is 0.106. The van der Waals surface area contributed by atoms with Crippen molar-refractivity contribution in [1.82, 2.24) is 5.32 Å². The molecule has 0 heterocycles. The van der Waals surface area contributed by atoms with Gasteiger partial charge in [0.25, 0.3) is 0 Å². The Balaban J connectivity index is 3.10. The average molecular weight is 378 g/mol. The number of nitrogens with one attached hydrogen (secondary N) is 1. The number of alkyl halides is 2. The molecule has 0 bridgehead atoms. The lowest BCUT2D eigenvalue weighted by molar-refractivity contribution is -0.145. The van der Waals surface area contributed by atoms with Crippen molar-refractivity contribution in [2.75, 3.05) is 0 Å². The van der Waals surface area contributed by atoms with Crippen molar-refractivity contribution in [2.24, 2.45) is 0 Å². The van der Waals surface area contributed by atoms with E-state index in [1.807, 2.05) is 0 Å². The first-order valence-corrected chi connectivity index (χ1v) is 7.36. The Morgan fingerprint density at radius 3 is 2.09 bits per heavy atom. The number of rotatable bonds is 4. The predicted octanol–water partition coefficient (Wildman–Crippen LogP) is 4.24. The molecule has 4 nitrogen and oxygen atoms in total. The first-order valence-electron chi connectivity index (χ1n) is 6.57. The molecule has 0 aromatic heterocycles. The molecular weight excluding hydrogens is 360 g/mol. The summed E-state index contributed by atoms with van der Waals surface area (Å²) in [5, 5.41) is 2.08. The van der Waals surface area contributed by atoms with Crippen LogP contribution in [0.15, 0.2) is 28.7 Å². The van der Waals surface area contributed by atoms with Gasteiger partial charge in [0.05, 0.1) is 0 Å². The molecular formula is C15H18BrF2NO3. The number of hydrogen-bond donors (Lipinski definition) is 1. The van der Waals surface area contributed by atoms with Crippen LogP contribution in [0.3, 0.4) is 0 Å². The molecule has 1 atom stereocenters. The second-order valence-corrected chi connectivity index (χ2v) is 6.73. The molecule has 0 radical (unpaired) electrons. The summed E-state index contributed by atoms with van der Waals surface area (Å²) < 4.78 is 34.0. The van der Waals surface area contributed by atoms with Gasteiger partial charge in [0.15, 0.2) is 0 Å². The molecule has 1 unspecified atom stereocenters. The van der Waals surface area contributed by atoms with Crippen LogP contribution in [0, 0.1) is 0 Å². The second kappa shape index (κ2) is 6.73. The molecule has 7 heteroatoms. The number of carbonyl (C=O) groups is 2. The smallest absolute Gasteiger partial charge is 0.408 e. The van der Waals surface area contributed by atoms with E-state index in [2.05, 4.69) is 21.2 Å². The topological polar surface area (TPSA) is 55.4 Å². The van der Waals surface area contributed by atoms with Gasteiger partial charge in [-0.25, -0.2) is 4.79 Å². The van der Waals surface area contributed by atoms with E-state index in [1.54, 1.807) is 32.9 Å². The monoisotopic (exact) mass is 377 g/mol. The van der Waals surface area contributed by atoms with Crippen molar-refractivity contribution < 1.29 is 23.1 Å². The maximum absolute atomic E-state index is 14.2. The molecule has 0 aliphatic rings. The molecule has 22 heavy (non-hydrogen) atoms. The van der Waals surface area contributed by atoms with Crippen molar-refractivity contribution in [2.45, 2.75) is 45.3 Å². The maximum atomic E-state index is 14.2. The summed E-state index contributed by atoms with van der Waals surface area (Å²) >= 11 is 3.20. The molecule has 1 rings (SSSR count). The van der Waals surface area contributed by atoms with Gasteiger partial charge in [-0.1, -0.05) is 28.1 Å². The molecule has 1 aromatic carbocycles. The van der Waals surface area contributed by atoms with E-state index in [4.69, 9.17) is 4.74 Å². The number of amides is 1. The van der Waals surface area contributed by atoms with Crippen LogP contribution >= 0.6 is 15.9 Å². The molecule has 1 amide bonds. The van der Waals surface area contributed by atoms with E-state index in [1.165, 1.54) is 12.1 Å². The molecule has 0 aliphatic carbocycles. The summed E-state index contributed by atoms with van der Waals surface area (Å²) in [5.74, 6) is -5.08. The zero-order chi connectivity index (χ0) is 17.1. The summed E-state index contributed by atoms with van der Waals surface area (Å²) in [6.07, 6.45) is -1.01. The second-order valence-electron chi connectivity index (χ2n) is 5.81. The molecule has 0 fully saturated rings. The van der Waals surface area contributed by atoms with Crippen LogP contribution in [0.25, 0.3) is 0 Å². The highest BCUT2D eigenvalue weighted by Gasteiger charge is 2.46. The van der Waals surface area contributed by atoms with Crippen LogP contribution in [0.4, 0.5) is 13.6 Å². The summed E-state index contributed by atoms with van der Waals surface area (Å²) in [6, 6.07) is 4.12. The quantitative estimate of drug-likeness (QED) is 0.853. The third-order valence-corrected chi connectivity index (χ3v) is 3.23. The van der Waals surface area contributed by atoms with Gasteiger partial charge in [0.1, 0.15) is 11.6 Å². The van der Waals surface area contributed by atoms with Crippen molar-refractivity contribution in [3.8, 4) is 0 Å². The Morgan fingerprint density at radius 2 is 1.68 bits per heavy atom. The fraction of sp³-hybridized carbons (Fsp3) is 0.467. The molecule has 0 aliphatic heterocycles. The highest BCUT2D eigenvalue weighted by molar-refractivity contribution is 9.10. The van der Waals surface area contributed by atoms with Gasteiger partial charge in [-0.3, -0.25) is 4.79 Å². The average Bonchev–Trinajstić information content (AvgIpc) is 2.34. The zero-order valence-electron chi connectivity index (χ0n) is 12.7. The summed E-state index contributed by atoms with van der Waals surface area (Å²) in [5.41, 5.74) is -0.728. The minimum Gasteiger partial charge on any atom is -0.444 e. The summed E-state index contributed by atoms with van der Waals surface area (Å²) in [6.45, 7) is 5.63. The fourth-order valence-corrected chi connectivity index (χ4v) is 1.93. The maximum Gasteiger partial charge on any atom is 0.408 e. The van der Waals surface area contributed by atoms with Crippen LogP contribution in [0.2, 0.25) is 0 Å². The third-order valence-electron chi connectivity index (χ3n) is 2.70. The molecule has 0 saturated heterocycles. The number of alkyl carbamates (subject to hydrolysis) is 1. The Hall–Kier alpha value is -1.50. The van der Waals surface area contributed by atoms with Crippen molar-refractivity contribution in [1.29, 1.82) is 0 Å². The van der Waals surface area contributed by atoms with E-state index in [0.717, 1.165) is 6.92 Å². The molecule has 0 saturated carbocycles.